The van der Waals surface area contributed by atoms with Gasteiger partial charge in [-0.3, -0.25) is 14.9 Å². The van der Waals surface area contributed by atoms with Crippen LogP contribution in [0.4, 0.5) is 19.2 Å². The Balaban J connectivity index is 1.55. The van der Waals surface area contributed by atoms with Crippen molar-refractivity contribution in [2.75, 3.05) is 26.0 Å². The van der Waals surface area contributed by atoms with E-state index in [0.717, 1.165) is 11.6 Å². The molecule has 0 radical (unpaired) electrons. The lowest BCUT2D eigenvalue weighted by molar-refractivity contribution is -0.141. The molecule has 0 unspecified atom stereocenters. The van der Waals surface area contributed by atoms with Crippen molar-refractivity contribution in [3.05, 3.63) is 88.6 Å². The van der Waals surface area contributed by atoms with E-state index in [1.54, 1.807) is 38.1 Å². The first-order chi connectivity index (χ1) is 19.4. The Bertz CT molecular complexity index is 1720. The van der Waals surface area contributed by atoms with E-state index in [0.29, 0.717) is 5.56 Å². The normalized spacial score (nSPS) is 11.1. The summed E-state index contributed by atoms with van der Waals surface area (Å²) in [4.78, 5) is 38.1. The first kappa shape index (κ1) is 28.7. The van der Waals surface area contributed by atoms with E-state index in [9.17, 15) is 22.8 Å². The van der Waals surface area contributed by atoms with Crippen LogP contribution in [0.5, 0.6) is 0 Å². The number of ketones is 1. The molecule has 10 nitrogen and oxygen atoms in total. The molecule has 4 rings (SSSR count). The van der Waals surface area contributed by atoms with Crippen LogP contribution < -0.4 is 5.32 Å². The highest BCUT2D eigenvalue weighted by Gasteiger charge is 2.33. The number of nitriles is 1. The molecule has 0 fully saturated rings. The summed E-state index contributed by atoms with van der Waals surface area (Å²) >= 11 is 0. The molecular weight excluding hydrogens is 539 g/mol. The SMILES string of the molecule is Cc1ccc(C(=O)Cc2cc(-n3cnc(C#N)c3)cc(C(F)(F)F)n2)cc1C#Cc1cnc(NC(=O)CN(C)C)o1. The van der Waals surface area contributed by atoms with Crippen LogP contribution in [0.25, 0.3) is 5.69 Å². The first-order valence-corrected chi connectivity index (χ1v) is 12.0. The van der Waals surface area contributed by atoms with Gasteiger partial charge in [0.15, 0.2) is 17.2 Å². The van der Waals surface area contributed by atoms with Gasteiger partial charge in [0, 0.05) is 17.3 Å². The second kappa shape index (κ2) is 11.9. The number of nitrogens with one attached hydrogen (secondary N) is 1. The minimum absolute atomic E-state index is 0.00528. The molecule has 3 aromatic heterocycles. The Morgan fingerprint density at radius 3 is 2.61 bits per heavy atom. The standard InChI is InChI=1S/C28H22F3N7O3/c1-17-4-5-19(8-18(17)6-7-23-13-33-27(41-23)36-26(40)15-37(2)3)24(39)10-20-9-22(11-25(35-20)28(29,30)31)38-14-21(12-32)34-16-38/h4-5,8-9,11,13-14,16H,10,15H2,1-3H3,(H,33,36,40). The average Bonchev–Trinajstić information content (AvgIpc) is 3.56. The van der Waals surface area contributed by atoms with E-state index < -0.39 is 24.1 Å². The molecule has 4 aromatic rings. The van der Waals surface area contributed by atoms with Gasteiger partial charge >= 0.3 is 12.2 Å². The molecule has 1 N–H and O–H groups in total. The molecule has 13 heteroatoms. The van der Waals surface area contributed by atoms with Crippen molar-refractivity contribution in [3.63, 3.8) is 0 Å². The molecule has 0 bridgehead atoms. The topological polar surface area (TPSA) is 130 Å². The zero-order chi connectivity index (χ0) is 29.7. The summed E-state index contributed by atoms with van der Waals surface area (Å²) in [5.74, 6) is 5.09. The molecular formula is C28H22F3N7O3. The number of Topliss-reactive ketones (excluding diaryl/α,β-unsaturated/α-hetero) is 1. The zero-order valence-electron chi connectivity index (χ0n) is 22.1. The fourth-order valence-electron chi connectivity index (χ4n) is 3.64. The Kier molecular flexibility index (Phi) is 8.31. The number of rotatable bonds is 7. The van der Waals surface area contributed by atoms with Crippen molar-refractivity contribution in [1.82, 2.24) is 24.4 Å². The minimum atomic E-state index is -4.76. The second-order valence-electron chi connectivity index (χ2n) is 9.17. The lowest BCUT2D eigenvalue weighted by atomic mass is 10.00. The first-order valence-electron chi connectivity index (χ1n) is 12.0. The molecule has 0 saturated carbocycles. The number of likely N-dealkylation sites (N-methyl/N-ethyl adjacent to an activating group) is 1. The molecule has 208 valence electrons. The van der Waals surface area contributed by atoms with Crippen LogP contribution in [0.3, 0.4) is 0 Å². The van der Waals surface area contributed by atoms with Crippen molar-refractivity contribution in [2.45, 2.75) is 19.5 Å². The van der Waals surface area contributed by atoms with Gasteiger partial charge in [0.25, 0.3) is 0 Å². The van der Waals surface area contributed by atoms with Gasteiger partial charge in [-0.05, 0) is 50.7 Å². The highest BCUT2D eigenvalue weighted by Crippen LogP contribution is 2.30. The summed E-state index contributed by atoms with van der Waals surface area (Å²) in [6.45, 7) is 1.93. The molecule has 1 amide bonds. The summed E-state index contributed by atoms with van der Waals surface area (Å²) in [5.41, 5.74) is 0.271. The number of pyridine rings is 1. The van der Waals surface area contributed by atoms with Crippen molar-refractivity contribution in [2.24, 2.45) is 0 Å². The van der Waals surface area contributed by atoms with Gasteiger partial charge in [-0.2, -0.15) is 18.4 Å². The molecule has 41 heavy (non-hydrogen) atoms. The molecule has 1 aromatic carbocycles. The van der Waals surface area contributed by atoms with Gasteiger partial charge < -0.3 is 13.9 Å². The van der Waals surface area contributed by atoms with Crippen LogP contribution in [0.1, 0.15) is 44.3 Å². The van der Waals surface area contributed by atoms with E-state index in [1.807, 2.05) is 6.07 Å². The van der Waals surface area contributed by atoms with Gasteiger partial charge in [0.2, 0.25) is 5.91 Å². The quantitative estimate of drug-likeness (QED) is 0.267. The monoisotopic (exact) mass is 561 g/mol. The number of anilines is 1. The summed E-state index contributed by atoms with van der Waals surface area (Å²) < 4.78 is 47.3. The average molecular weight is 562 g/mol. The predicted octanol–water partition coefficient (Wildman–Crippen LogP) is 3.78. The minimum Gasteiger partial charge on any atom is -0.415 e. The van der Waals surface area contributed by atoms with Gasteiger partial charge in [0.1, 0.15) is 18.1 Å². The molecule has 0 aliphatic heterocycles. The molecule has 0 atom stereocenters. The number of benzene rings is 1. The fourth-order valence-corrected chi connectivity index (χ4v) is 3.64. The number of nitrogens with zero attached hydrogens (tertiary/aromatic N) is 6. The lowest BCUT2D eigenvalue weighted by Gasteiger charge is -2.12. The molecule has 0 spiro atoms. The summed E-state index contributed by atoms with van der Waals surface area (Å²) in [7, 11) is 3.49. The van der Waals surface area contributed by atoms with Crippen LogP contribution in [0, 0.1) is 30.1 Å². The highest BCUT2D eigenvalue weighted by molar-refractivity contribution is 5.97. The number of oxazole rings is 1. The molecule has 0 aliphatic rings. The molecule has 0 aliphatic carbocycles. The van der Waals surface area contributed by atoms with Gasteiger partial charge in [0.05, 0.1) is 30.5 Å². The van der Waals surface area contributed by atoms with Crippen LogP contribution in [-0.4, -0.2) is 56.7 Å². The number of alkyl halides is 3. The lowest BCUT2D eigenvalue weighted by Crippen LogP contribution is -2.27. The largest absolute Gasteiger partial charge is 0.433 e. The number of hydrogen-bond donors (Lipinski definition) is 1. The smallest absolute Gasteiger partial charge is 0.415 e. The van der Waals surface area contributed by atoms with E-state index in [4.69, 9.17) is 9.68 Å². The maximum atomic E-state index is 13.6. The van der Waals surface area contributed by atoms with Crippen LogP contribution in [-0.2, 0) is 17.4 Å². The summed E-state index contributed by atoms with van der Waals surface area (Å²) in [6, 6.07) is 8.72. The number of aryl methyl sites for hydroxylation is 1. The van der Waals surface area contributed by atoms with E-state index >= 15 is 0 Å². The van der Waals surface area contributed by atoms with Crippen LogP contribution in [0.2, 0.25) is 0 Å². The van der Waals surface area contributed by atoms with Gasteiger partial charge in [-0.1, -0.05) is 18.1 Å². The molecule has 0 saturated heterocycles. The van der Waals surface area contributed by atoms with Crippen LogP contribution >= 0.6 is 0 Å². The number of hydrogen-bond acceptors (Lipinski definition) is 8. The Hall–Kier alpha value is -5.27. The van der Waals surface area contributed by atoms with E-state index in [2.05, 4.69) is 32.1 Å². The van der Waals surface area contributed by atoms with Crippen molar-refractivity contribution in [3.8, 4) is 23.6 Å². The number of aromatic nitrogens is 4. The van der Waals surface area contributed by atoms with Crippen molar-refractivity contribution >= 4 is 17.7 Å². The maximum Gasteiger partial charge on any atom is 0.433 e. The number of imidazole rings is 1. The number of halogens is 3. The number of carbonyl (C=O) groups excluding carboxylic acids is 2. The summed E-state index contributed by atoms with van der Waals surface area (Å²) in [5, 5.41) is 11.5. The van der Waals surface area contributed by atoms with Crippen LogP contribution in [0.15, 0.2) is 53.5 Å². The maximum absolute atomic E-state index is 13.6. The van der Waals surface area contributed by atoms with E-state index in [1.165, 1.54) is 35.4 Å². The predicted molar refractivity (Wildman–Crippen MR) is 140 cm³/mol. The third kappa shape index (κ3) is 7.44. The van der Waals surface area contributed by atoms with Gasteiger partial charge in [-0.25, -0.2) is 15.0 Å². The van der Waals surface area contributed by atoms with E-state index in [-0.39, 0.29) is 46.9 Å². The second-order valence-corrected chi connectivity index (χ2v) is 9.17. The Morgan fingerprint density at radius 2 is 1.93 bits per heavy atom. The zero-order valence-corrected chi connectivity index (χ0v) is 22.1. The Labute approximate surface area is 232 Å². The van der Waals surface area contributed by atoms with Crippen molar-refractivity contribution in [1.29, 1.82) is 5.26 Å². The Morgan fingerprint density at radius 1 is 1.15 bits per heavy atom. The fraction of sp³-hybridized carbons (Fsp3) is 0.214. The molecule has 3 heterocycles. The van der Waals surface area contributed by atoms with Gasteiger partial charge in [-0.15, -0.1) is 0 Å². The third-order valence-electron chi connectivity index (χ3n) is 5.58. The van der Waals surface area contributed by atoms with Crippen molar-refractivity contribution < 1.29 is 27.2 Å². The summed E-state index contributed by atoms with van der Waals surface area (Å²) in [6.07, 6.45) is -1.33. The third-order valence-corrected chi connectivity index (χ3v) is 5.58. The number of amides is 1. The highest BCUT2D eigenvalue weighted by atomic mass is 19.4. The number of carbonyl (C=O) groups is 2.